The highest BCUT2D eigenvalue weighted by Crippen LogP contribution is 2.19. The topological polar surface area (TPSA) is 94.4 Å². The summed E-state index contributed by atoms with van der Waals surface area (Å²) >= 11 is 1.49. The lowest BCUT2D eigenvalue weighted by molar-refractivity contribution is 0.287. The molecule has 0 radical (unpaired) electrons. The molecule has 0 unspecified atom stereocenters. The molecule has 0 heterocycles. The molecule has 0 aliphatic heterocycles. The van der Waals surface area contributed by atoms with E-state index < -0.39 is 0 Å². The van der Waals surface area contributed by atoms with Crippen LogP contribution in [0.2, 0.25) is 0 Å². The van der Waals surface area contributed by atoms with E-state index in [0.717, 1.165) is 29.9 Å². The maximum Gasteiger partial charge on any atom is 0.137 e. The Hall–Kier alpha value is -2.18. The molecule has 0 saturated heterocycles. The first-order valence-electron chi connectivity index (χ1n) is 8.79. The van der Waals surface area contributed by atoms with Crippen molar-refractivity contribution in [3.8, 4) is 11.5 Å². The smallest absolute Gasteiger partial charge is 0.137 e. The van der Waals surface area contributed by atoms with Crippen LogP contribution in [0.5, 0.6) is 11.5 Å². The van der Waals surface area contributed by atoms with Crippen molar-refractivity contribution in [3.63, 3.8) is 0 Å². The van der Waals surface area contributed by atoms with Crippen LogP contribution in [0.15, 0.2) is 48.5 Å². The third-order valence-electron chi connectivity index (χ3n) is 3.77. The van der Waals surface area contributed by atoms with Gasteiger partial charge in [0, 0.05) is 17.4 Å². The summed E-state index contributed by atoms with van der Waals surface area (Å²) in [5, 5.41) is 7.46. The van der Waals surface area contributed by atoms with Crippen LogP contribution in [0.4, 0.5) is 0 Å². The van der Waals surface area contributed by atoms with Crippen LogP contribution in [0.1, 0.15) is 30.9 Å². The molecule has 0 aliphatic rings. The Kier molecular flexibility index (Phi) is 8.31. The third kappa shape index (κ3) is 6.98. The van der Waals surface area contributed by atoms with E-state index in [2.05, 4.69) is 6.92 Å². The highest BCUT2D eigenvalue weighted by Gasteiger charge is 2.07. The van der Waals surface area contributed by atoms with E-state index in [4.69, 9.17) is 25.8 Å². The van der Waals surface area contributed by atoms with Crippen LogP contribution >= 0.6 is 12.0 Å². The number of hydrogen-bond donors (Lipinski definition) is 3. The summed E-state index contributed by atoms with van der Waals surface area (Å²) in [5.74, 6) is 2.56. The molecular formula is C20H27N3O2S. The maximum absolute atomic E-state index is 7.46. The monoisotopic (exact) mass is 373 g/mol. The predicted octanol–water partition coefficient (Wildman–Crippen LogP) is 3.75. The minimum atomic E-state index is -0.123. The number of nitrogens with two attached hydrogens (primary N) is 2. The van der Waals surface area contributed by atoms with Gasteiger partial charge in [0.1, 0.15) is 23.9 Å². The molecule has 5 N–H and O–H groups in total. The molecule has 0 amide bonds. The first-order valence-corrected chi connectivity index (χ1v) is 9.70. The Morgan fingerprint density at radius 1 is 1.15 bits per heavy atom. The van der Waals surface area contributed by atoms with Gasteiger partial charge in [-0.25, -0.2) is 0 Å². The second-order valence-electron chi connectivity index (χ2n) is 6.12. The molecule has 1 atom stereocenters. The lowest BCUT2D eigenvalue weighted by Crippen LogP contribution is -2.30. The van der Waals surface area contributed by atoms with Crippen LogP contribution in [-0.4, -0.2) is 24.2 Å². The van der Waals surface area contributed by atoms with Gasteiger partial charge in [-0.2, -0.15) is 0 Å². The van der Waals surface area contributed by atoms with Crippen molar-refractivity contribution in [1.82, 2.24) is 0 Å². The van der Waals surface area contributed by atoms with Gasteiger partial charge in [-0.1, -0.05) is 37.6 Å². The standard InChI is InChI=1S/C20H27N3O2S/c1-2-3-11-26-25-18-9-7-15(8-10-18)12-17(21)14-24-19-6-4-5-16(13-19)20(22)23/h4-10,13,17H,2-3,11-12,14,21H2,1H3,(H3,22,23)/t17-/m0/s1. The van der Waals surface area contributed by atoms with Gasteiger partial charge in [-0.05, 0) is 42.7 Å². The Labute approximate surface area is 159 Å². The third-order valence-corrected chi connectivity index (χ3v) is 4.53. The molecule has 5 nitrogen and oxygen atoms in total. The summed E-state index contributed by atoms with van der Waals surface area (Å²) in [6.07, 6.45) is 3.05. The lowest BCUT2D eigenvalue weighted by Gasteiger charge is -2.14. The van der Waals surface area contributed by atoms with E-state index in [-0.39, 0.29) is 11.9 Å². The average Bonchev–Trinajstić information content (AvgIpc) is 2.65. The zero-order valence-corrected chi connectivity index (χ0v) is 15.9. The molecule has 0 fully saturated rings. The molecule has 140 valence electrons. The number of nitrogen functional groups attached to an aromatic ring is 1. The van der Waals surface area contributed by atoms with Gasteiger partial charge in [0.2, 0.25) is 0 Å². The van der Waals surface area contributed by atoms with Crippen molar-refractivity contribution < 1.29 is 8.92 Å². The van der Waals surface area contributed by atoms with E-state index in [1.165, 1.54) is 18.5 Å². The number of nitrogens with one attached hydrogen (secondary N) is 1. The fraction of sp³-hybridized carbons (Fsp3) is 0.350. The van der Waals surface area contributed by atoms with E-state index in [0.29, 0.717) is 17.9 Å². The SMILES string of the molecule is CCCCSOc1ccc(C[C@H](N)COc2cccc(C(=N)N)c2)cc1. The van der Waals surface area contributed by atoms with Crippen LogP contribution in [0.25, 0.3) is 0 Å². The van der Waals surface area contributed by atoms with Crippen molar-refractivity contribution >= 4 is 17.9 Å². The second-order valence-corrected chi connectivity index (χ2v) is 6.93. The van der Waals surface area contributed by atoms with Crippen molar-refractivity contribution in [1.29, 1.82) is 5.41 Å². The number of unbranched alkanes of at least 4 members (excludes halogenated alkanes) is 1. The minimum Gasteiger partial charge on any atom is -0.492 e. The number of ether oxygens (including phenoxy) is 1. The van der Waals surface area contributed by atoms with E-state index in [1.807, 2.05) is 36.4 Å². The van der Waals surface area contributed by atoms with Crippen molar-refractivity contribution in [3.05, 3.63) is 59.7 Å². The van der Waals surface area contributed by atoms with E-state index >= 15 is 0 Å². The van der Waals surface area contributed by atoms with Crippen LogP contribution in [0, 0.1) is 5.41 Å². The van der Waals surface area contributed by atoms with Gasteiger partial charge in [-0.3, -0.25) is 5.41 Å². The number of amidine groups is 1. The summed E-state index contributed by atoms with van der Waals surface area (Å²) < 4.78 is 11.4. The maximum atomic E-state index is 7.46. The molecule has 0 aromatic heterocycles. The quantitative estimate of drug-likeness (QED) is 0.241. The first-order chi connectivity index (χ1) is 12.6. The Morgan fingerprint density at radius 2 is 1.92 bits per heavy atom. The summed E-state index contributed by atoms with van der Waals surface area (Å²) in [6.45, 7) is 2.56. The highest BCUT2D eigenvalue weighted by atomic mass is 32.2. The van der Waals surface area contributed by atoms with Crippen molar-refractivity contribution in [2.45, 2.75) is 32.2 Å². The summed E-state index contributed by atoms with van der Waals surface area (Å²) in [6, 6.07) is 15.1. The van der Waals surface area contributed by atoms with Crippen LogP contribution in [-0.2, 0) is 6.42 Å². The van der Waals surface area contributed by atoms with Crippen molar-refractivity contribution in [2.75, 3.05) is 12.4 Å². The predicted molar refractivity (Wildman–Crippen MR) is 109 cm³/mol. The molecule has 0 spiro atoms. The lowest BCUT2D eigenvalue weighted by atomic mass is 10.1. The van der Waals surface area contributed by atoms with E-state index in [1.54, 1.807) is 12.1 Å². The second kappa shape index (κ2) is 10.7. The highest BCUT2D eigenvalue weighted by molar-refractivity contribution is 7.95. The van der Waals surface area contributed by atoms with Gasteiger partial charge >= 0.3 is 0 Å². The number of benzene rings is 2. The fourth-order valence-corrected chi connectivity index (χ4v) is 3.05. The average molecular weight is 374 g/mol. The largest absolute Gasteiger partial charge is 0.492 e. The molecule has 2 rings (SSSR count). The molecule has 0 bridgehead atoms. The summed E-state index contributed by atoms with van der Waals surface area (Å²) in [4.78, 5) is 0. The fourth-order valence-electron chi connectivity index (χ4n) is 2.31. The first kappa shape index (κ1) is 20.1. The van der Waals surface area contributed by atoms with Gasteiger partial charge in [0.25, 0.3) is 0 Å². The Balaban J connectivity index is 1.77. The molecule has 2 aromatic carbocycles. The normalized spacial score (nSPS) is 11.8. The molecule has 0 aliphatic carbocycles. The Bertz CT molecular complexity index is 692. The number of hydrogen-bond acceptors (Lipinski definition) is 5. The molecule has 6 heteroatoms. The molecule has 2 aromatic rings. The van der Waals surface area contributed by atoms with Gasteiger partial charge in [-0.15, -0.1) is 0 Å². The molecule has 26 heavy (non-hydrogen) atoms. The molecule has 0 saturated carbocycles. The summed E-state index contributed by atoms with van der Waals surface area (Å²) in [5.41, 5.74) is 13.5. The molecular weight excluding hydrogens is 346 g/mol. The minimum absolute atomic E-state index is 0.0231. The Morgan fingerprint density at radius 3 is 2.62 bits per heavy atom. The number of rotatable bonds is 11. The van der Waals surface area contributed by atoms with Gasteiger partial charge in [0.15, 0.2) is 0 Å². The van der Waals surface area contributed by atoms with Gasteiger partial charge in [0.05, 0.1) is 12.0 Å². The van der Waals surface area contributed by atoms with Crippen molar-refractivity contribution in [2.24, 2.45) is 11.5 Å². The zero-order chi connectivity index (χ0) is 18.8. The summed E-state index contributed by atoms with van der Waals surface area (Å²) in [7, 11) is 0. The van der Waals surface area contributed by atoms with E-state index in [9.17, 15) is 0 Å². The zero-order valence-electron chi connectivity index (χ0n) is 15.1. The van der Waals surface area contributed by atoms with Gasteiger partial charge < -0.3 is 20.4 Å². The van der Waals surface area contributed by atoms with Crippen LogP contribution in [0.3, 0.4) is 0 Å². The van der Waals surface area contributed by atoms with Crippen LogP contribution < -0.4 is 20.4 Å².